The van der Waals surface area contributed by atoms with Crippen LogP contribution in [-0.2, 0) is 15.5 Å². The average Bonchev–Trinajstić information content (AvgIpc) is 2.38. The molecule has 0 saturated carbocycles. The van der Waals surface area contributed by atoms with Crippen LogP contribution in [0.5, 0.6) is 0 Å². The van der Waals surface area contributed by atoms with Crippen LogP contribution in [0.1, 0.15) is 12.6 Å². The van der Waals surface area contributed by atoms with Crippen molar-refractivity contribution in [1.29, 1.82) is 0 Å². The molecule has 5 heteroatoms. The van der Waals surface area contributed by atoms with Gasteiger partial charge in [-0.2, -0.15) is 8.78 Å². The van der Waals surface area contributed by atoms with Crippen molar-refractivity contribution in [2.24, 2.45) is 0 Å². The first-order valence-corrected chi connectivity index (χ1v) is 5.47. The number of rotatable bonds is 3. The number of fused-ring (bicyclic) bond motifs is 1. The summed E-state index contributed by atoms with van der Waals surface area (Å²) in [5, 5.41) is 0.737. The molecule has 0 fully saturated rings. The number of alkyl halides is 2. The van der Waals surface area contributed by atoms with E-state index in [9.17, 15) is 13.6 Å². The number of benzene rings is 1. The number of esters is 1. The van der Waals surface area contributed by atoms with Gasteiger partial charge in [0.1, 0.15) is 5.69 Å². The van der Waals surface area contributed by atoms with Gasteiger partial charge >= 0.3 is 11.9 Å². The fraction of sp³-hybridized carbons (Fsp3) is 0.231. The van der Waals surface area contributed by atoms with E-state index in [0.29, 0.717) is 5.52 Å². The van der Waals surface area contributed by atoms with Crippen molar-refractivity contribution in [2.75, 3.05) is 6.61 Å². The fourth-order valence-corrected chi connectivity index (χ4v) is 1.57. The highest BCUT2D eigenvalue weighted by Gasteiger charge is 2.44. The third-order valence-electron chi connectivity index (χ3n) is 2.45. The quantitative estimate of drug-likeness (QED) is 0.787. The van der Waals surface area contributed by atoms with Crippen molar-refractivity contribution in [1.82, 2.24) is 4.98 Å². The maximum atomic E-state index is 13.7. The van der Waals surface area contributed by atoms with Crippen LogP contribution in [0.15, 0.2) is 36.4 Å². The lowest BCUT2D eigenvalue weighted by Gasteiger charge is -2.14. The number of halogens is 2. The van der Waals surface area contributed by atoms with E-state index in [0.717, 1.165) is 11.5 Å². The van der Waals surface area contributed by atoms with Gasteiger partial charge < -0.3 is 4.74 Å². The smallest absolute Gasteiger partial charge is 0.384 e. The number of carbonyl (C=O) groups excluding carboxylic acids is 1. The van der Waals surface area contributed by atoms with Gasteiger partial charge in [0.25, 0.3) is 0 Å². The van der Waals surface area contributed by atoms with Crippen molar-refractivity contribution in [2.45, 2.75) is 12.8 Å². The van der Waals surface area contributed by atoms with E-state index < -0.39 is 17.6 Å². The Labute approximate surface area is 102 Å². The van der Waals surface area contributed by atoms with Crippen LogP contribution >= 0.6 is 0 Å². The van der Waals surface area contributed by atoms with Crippen LogP contribution in [0.4, 0.5) is 8.78 Å². The van der Waals surface area contributed by atoms with Gasteiger partial charge in [-0.25, -0.2) is 9.78 Å². The summed E-state index contributed by atoms with van der Waals surface area (Å²) in [6.45, 7) is 1.38. The van der Waals surface area contributed by atoms with Gasteiger partial charge in [-0.1, -0.05) is 24.3 Å². The van der Waals surface area contributed by atoms with E-state index in [-0.39, 0.29) is 6.61 Å². The molecule has 1 heterocycles. The highest BCUT2D eigenvalue weighted by atomic mass is 19.3. The zero-order valence-corrected chi connectivity index (χ0v) is 9.69. The van der Waals surface area contributed by atoms with Crippen LogP contribution in [0, 0.1) is 0 Å². The normalized spacial score (nSPS) is 11.5. The van der Waals surface area contributed by atoms with E-state index in [2.05, 4.69) is 9.72 Å². The molecule has 1 aromatic heterocycles. The summed E-state index contributed by atoms with van der Waals surface area (Å²) in [4.78, 5) is 15.0. The van der Waals surface area contributed by atoms with Crippen molar-refractivity contribution >= 4 is 16.9 Å². The second kappa shape index (κ2) is 4.68. The van der Waals surface area contributed by atoms with Crippen molar-refractivity contribution in [3.05, 3.63) is 42.1 Å². The third-order valence-corrected chi connectivity index (χ3v) is 2.45. The van der Waals surface area contributed by atoms with E-state index in [1.807, 2.05) is 0 Å². The summed E-state index contributed by atoms with van der Waals surface area (Å²) < 4.78 is 31.8. The standard InChI is InChI=1S/C13H11F2NO2/c1-2-18-12(17)13(14,15)11-8-7-9-5-3-4-6-10(9)16-11/h3-8H,2H2,1H3. The lowest BCUT2D eigenvalue weighted by atomic mass is 10.1. The van der Waals surface area contributed by atoms with Crippen molar-refractivity contribution in [3.8, 4) is 0 Å². The highest BCUT2D eigenvalue weighted by molar-refractivity contribution is 5.82. The summed E-state index contributed by atoms with van der Waals surface area (Å²) in [7, 11) is 0. The molecule has 0 aliphatic rings. The van der Waals surface area contributed by atoms with Crippen LogP contribution in [0.3, 0.4) is 0 Å². The van der Waals surface area contributed by atoms with Gasteiger partial charge in [-0.15, -0.1) is 0 Å². The first-order valence-electron chi connectivity index (χ1n) is 5.47. The Morgan fingerprint density at radius 1 is 1.28 bits per heavy atom. The summed E-state index contributed by atoms with van der Waals surface area (Å²) >= 11 is 0. The molecule has 0 amide bonds. The summed E-state index contributed by atoms with van der Waals surface area (Å²) in [6.07, 6.45) is 0. The summed E-state index contributed by atoms with van der Waals surface area (Å²) in [6, 6.07) is 9.49. The maximum absolute atomic E-state index is 13.7. The molecule has 0 aliphatic carbocycles. The molecule has 0 aliphatic heterocycles. The van der Waals surface area contributed by atoms with Crippen LogP contribution in [0.2, 0.25) is 0 Å². The molecule has 0 spiro atoms. The molecule has 0 saturated heterocycles. The molecule has 0 bridgehead atoms. The van der Waals surface area contributed by atoms with E-state index >= 15 is 0 Å². The van der Waals surface area contributed by atoms with Crippen molar-refractivity contribution < 1.29 is 18.3 Å². The zero-order chi connectivity index (χ0) is 13.2. The highest BCUT2D eigenvalue weighted by Crippen LogP contribution is 2.29. The van der Waals surface area contributed by atoms with Crippen molar-refractivity contribution in [3.63, 3.8) is 0 Å². The molecule has 3 nitrogen and oxygen atoms in total. The Balaban J connectivity index is 2.44. The number of nitrogens with zero attached hydrogens (tertiary/aromatic N) is 1. The average molecular weight is 251 g/mol. The molecule has 2 aromatic rings. The maximum Gasteiger partial charge on any atom is 0.384 e. The first kappa shape index (κ1) is 12.4. The Morgan fingerprint density at radius 3 is 2.72 bits per heavy atom. The number of hydrogen-bond acceptors (Lipinski definition) is 3. The van der Waals surface area contributed by atoms with E-state index in [1.54, 1.807) is 24.3 Å². The Bertz CT molecular complexity index is 584. The van der Waals surface area contributed by atoms with Crippen LogP contribution < -0.4 is 0 Å². The molecule has 94 valence electrons. The lowest BCUT2D eigenvalue weighted by Crippen LogP contribution is -2.29. The summed E-state index contributed by atoms with van der Waals surface area (Å²) in [5.41, 5.74) is -0.182. The van der Waals surface area contributed by atoms with Crippen LogP contribution in [0.25, 0.3) is 10.9 Å². The molecule has 0 atom stereocenters. The minimum atomic E-state index is -3.72. The fourth-order valence-electron chi connectivity index (χ4n) is 1.57. The minimum absolute atomic E-state index is 0.0952. The number of pyridine rings is 1. The molecular weight excluding hydrogens is 240 g/mol. The van der Waals surface area contributed by atoms with Gasteiger partial charge in [-0.3, -0.25) is 0 Å². The van der Waals surface area contributed by atoms with Gasteiger partial charge in [0.15, 0.2) is 0 Å². The predicted octanol–water partition coefficient (Wildman–Crippen LogP) is 2.89. The second-order valence-electron chi connectivity index (χ2n) is 3.68. The topological polar surface area (TPSA) is 39.2 Å². The molecule has 0 N–H and O–H groups in total. The molecule has 1 aromatic carbocycles. The van der Waals surface area contributed by atoms with E-state index in [1.165, 1.54) is 13.0 Å². The van der Waals surface area contributed by atoms with Gasteiger partial charge in [0.2, 0.25) is 0 Å². The van der Waals surface area contributed by atoms with E-state index in [4.69, 9.17) is 0 Å². The lowest BCUT2D eigenvalue weighted by molar-refractivity contribution is -0.173. The largest absolute Gasteiger partial charge is 0.461 e. The number of aromatic nitrogens is 1. The van der Waals surface area contributed by atoms with Crippen LogP contribution in [-0.4, -0.2) is 17.6 Å². The Kier molecular flexibility index (Phi) is 3.23. The SMILES string of the molecule is CCOC(=O)C(F)(F)c1ccc2ccccc2n1. The molecular formula is C13H11F2NO2. The second-order valence-corrected chi connectivity index (χ2v) is 3.68. The monoisotopic (exact) mass is 251 g/mol. The third kappa shape index (κ3) is 2.16. The van der Waals surface area contributed by atoms with Gasteiger partial charge in [0.05, 0.1) is 12.1 Å². The van der Waals surface area contributed by atoms with Gasteiger partial charge in [-0.05, 0) is 19.1 Å². The molecule has 0 unspecified atom stereocenters. The summed E-state index contributed by atoms with van der Waals surface area (Å²) in [5.74, 6) is -5.30. The zero-order valence-electron chi connectivity index (χ0n) is 9.69. The van der Waals surface area contributed by atoms with Gasteiger partial charge in [0, 0.05) is 5.39 Å². The predicted molar refractivity (Wildman–Crippen MR) is 62.3 cm³/mol. The number of carbonyl (C=O) groups is 1. The first-order chi connectivity index (χ1) is 8.55. The molecule has 18 heavy (non-hydrogen) atoms. The number of ether oxygens (including phenoxy) is 1. The minimum Gasteiger partial charge on any atom is -0.461 e. The molecule has 0 radical (unpaired) electrons. The Morgan fingerprint density at radius 2 is 2.00 bits per heavy atom. The number of para-hydroxylation sites is 1. The number of hydrogen-bond donors (Lipinski definition) is 0. The molecule has 2 rings (SSSR count). The Hall–Kier alpha value is -2.04.